The number of aromatic nitrogens is 3. The normalized spacial score (nSPS) is 23.5. The molecule has 4 nitrogen and oxygen atoms in total. The van der Waals surface area contributed by atoms with Gasteiger partial charge in [-0.25, -0.2) is 15.0 Å². The summed E-state index contributed by atoms with van der Waals surface area (Å²) in [7, 11) is 0. The Morgan fingerprint density at radius 1 is 0.500 bits per heavy atom. The zero-order valence-electron chi connectivity index (χ0n) is 32.0. The second kappa shape index (κ2) is 13.5. The molecule has 3 aliphatic rings. The highest BCUT2D eigenvalue weighted by Gasteiger charge is 2.48. The predicted molar refractivity (Wildman–Crippen MR) is 225 cm³/mol. The average molecular weight is 725 g/mol. The lowest BCUT2D eigenvalue weighted by Gasteiger charge is -2.50. The summed E-state index contributed by atoms with van der Waals surface area (Å²) in [5.74, 6) is 4.29. The van der Waals surface area contributed by atoms with Crippen molar-refractivity contribution in [3.05, 3.63) is 185 Å². The Bertz CT molecular complexity index is 2590. The number of fused-ring (bicyclic) bond motifs is 5. The molecular formula is C52H44N4. The molecule has 0 aliphatic heterocycles. The molecule has 56 heavy (non-hydrogen) atoms. The van der Waals surface area contributed by atoms with Gasteiger partial charge in [-0.15, -0.1) is 0 Å². The third kappa shape index (κ3) is 5.52. The molecule has 10 rings (SSSR count). The fraction of sp³-hybridized carbons (Fsp3) is 0.231. The van der Waals surface area contributed by atoms with E-state index in [0.717, 1.165) is 56.7 Å². The van der Waals surface area contributed by atoms with Crippen molar-refractivity contribution < 1.29 is 0 Å². The number of hydrogen-bond donors (Lipinski definition) is 0. The Labute approximate surface area is 330 Å². The molecule has 3 unspecified atom stereocenters. The summed E-state index contributed by atoms with van der Waals surface area (Å²) < 4.78 is 0. The van der Waals surface area contributed by atoms with E-state index in [0.29, 0.717) is 23.0 Å². The zero-order chi connectivity index (χ0) is 37.9. The van der Waals surface area contributed by atoms with Gasteiger partial charge in [0.25, 0.3) is 0 Å². The molecule has 6 aromatic carbocycles. The molecule has 2 saturated carbocycles. The van der Waals surface area contributed by atoms with Crippen LogP contribution in [0.4, 0.5) is 0 Å². The molecule has 3 aliphatic carbocycles. The van der Waals surface area contributed by atoms with Gasteiger partial charge in [-0.1, -0.05) is 153 Å². The van der Waals surface area contributed by atoms with E-state index in [2.05, 4.69) is 141 Å². The van der Waals surface area contributed by atoms with Crippen LogP contribution in [0, 0.1) is 29.1 Å². The van der Waals surface area contributed by atoms with Crippen molar-refractivity contribution in [1.29, 1.82) is 5.26 Å². The highest BCUT2D eigenvalue weighted by molar-refractivity contribution is 5.92. The number of nitrogens with zero attached hydrogens (tertiary/aromatic N) is 4. The van der Waals surface area contributed by atoms with Crippen LogP contribution in [0.25, 0.3) is 45.3 Å². The van der Waals surface area contributed by atoms with E-state index in [1.54, 1.807) is 0 Å². The lowest BCUT2D eigenvalue weighted by Crippen LogP contribution is -2.42. The van der Waals surface area contributed by atoms with E-state index < -0.39 is 5.41 Å². The number of hydrogen-bond acceptors (Lipinski definition) is 4. The van der Waals surface area contributed by atoms with E-state index in [-0.39, 0.29) is 5.41 Å². The van der Waals surface area contributed by atoms with Gasteiger partial charge < -0.3 is 0 Å². The molecule has 7 aromatic rings. The standard InChI is InChI=1S/C52H44N4/c1-34-28-37-29-35(2)31-51(30-34,32-37)40-26-22-39(23-27-40)49-54-48(38-12-5-3-6-13-38)55-50(56-49)45-18-11-17-44-43-16-9-10-19-46(43)52(47(44)45,41-14-7-4-8-15-41)42-24-20-36(33-53)21-25-42/h3-27,34-35,37H,28-32H2,1-2H3/t34-,35+,37?,51?,52?. The first-order valence-electron chi connectivity index (χ1n) is 20.2. The van der Waals surface area contributed by atoms with Gasteiger partial charge in [0.05, 0.1) is 17.0 Å². The average Bonchev–Trinajstić information content (AvgIpc) is 3.55. The first-order chi connectivity index (χ1) is 27.4. The largest absolute Gasteiger partial charge is 0.208 e. The van der Waals surface area contributed by atoms with Crippen LogP contribution in [-0.4, -0.2) is 15.0 Å². The van der Waals surface area contributed by atoms with Crippen LogP contribution in [-0.2, 0) is 10.8 Å². The summed E-state index contributed by atoms with van der Waals surface area (Å²) in [4.78, 5) is 15.9. The van der Waals surface area contributed by atoms with Crippen molar-refractivity contribution in [1.82, 2.24) is 15.0 Å². The van der Waals surface area contributed by atoms with E-state index in [9.17, 15) is 5.26 Å². The Kier molecular flexibility index (Phi) is 8.29. The zero-order valence-corrected chi connectivity index (χ0v) is 32.0. The van der Waals surface area contributed by atoms with Crippen LogP contribution in [0.1, 0.15) is 79.3 Å². The van der Waals surface area contributed by atoms with Crippen LogP contribution < -0.4 is 0 Å². The molecule has 0 amide bonds. The highest BCUT2D eigenvalue weighted by Crippen LogP contribution is 2.59. The fourth-order valence-electron chi connectivity index (χ4n) is 11.2. The second-order valence-electron chi connectivity index (χ2n) is 16.8. The number of nitriles is 1. The van der Waals surface area contributed by atoms with Gasteiger partial charge in [0, 0.05) is 16.7 Å². The summed E-state index contributed by atoms with van der Waals surface area (Å²) in [6.07, 6.45) is 6.57. The summed E-state index contributed by atoms with van der Waals surface area (Å²) in [6.45, 7) is 4.91. The minimum atomic E-state index is -0.690. The van der Waals surface area contributed by atoms with Crippen molar-refractivity contribution in [3.8, 4) is 51.4 Å². The molecule has 1 heterocycles. The highest BCUT2D eigenvalue weighted by atomic mass is 15.0. The van der Waals surface area contributed by atoms with Gasteiger partial charge in [0.1, 0.15) is 0 Å². The van der Waals surface area contributed by atoms with Crippen LogP contribution in [0.5, 0.6) is 0 Å². The molecule has 5 atom stereocenters. The van der Waals surface area contributed by atoms with Gasteiger partial charge in [0.2, 0.25) is 0 Å². The van der Waals surface area contributed by atoms with Gasteiger partial charge in [0.15, 0.2) is 17.5 Å². The smallest absolute Gasteiger partial charge is 0.164 e. The van der Waals surface area contributed by atoms with E-state index >= 15 is 0 Å². The lowest BCUT2D eigenvalue weighted by molar-refractivity contribution is 0.0780. The third-order valence-corrected chi connectivity index (χ3v) is 13.0. The fourth-order valence-corrected chi connectivity index (χ4v) is 11.2. The molecule has 2 fully saturated rings. The monoisotopic (exact) mass is 724 g/mol. The van der Waals surface area contributed by atoms with E-state index in [4.69, 9.17) is 15.0 Å². The Morgan fingerprint density at radius 2 is 1.04 bits per heavy atom. The molecule has 0 radical (unpaired) electrons. The Morgan fingerprint density at radius 3 is 1.71 bits per heavy atom. The SMILES string of the molecule is C[C@@H]1CC2C[C@H](C)CC(c3ccc(-c4nc(-c5ccccc5)nc(-c5cccc6c5C(c5ccccc5)(c5ccc(C#N)cc5)c5ccccc5-6)n4)cc3)(C2)C1. The molecule has 0 saturated heterocycles. The van der Waals surface area contributed by atoms with Gasteiger partial charge in [-0.3, -0.25) is 0 Å². The number of benzene rings is 6. The second-order valence-corrected chi connectivity index (χ2v) is 16.8. The van der Waals surface area contributed by atoms with Crippen molar-refractivity contribution in [2.45, 2.75) is 56.8 Å². The maximum atomic E-state index is 9.79. The quantitative estimate of drug-likeness (QED) is 0.171. The first kappa shape index (κ1) is 34.3. The topological polar surface area (TPSA) is 62.5 Å². The predicted octanol–water partition coefficient (Wildman–Crippen LogP) is 12.2. The maximum Gasteiger partial charge on any atom is 0.164 e. The van der Waals surface area contributed by atoms with Gasteiger partial charge in [-0.05, 0) is 106 Å². The lowest BCUT2D eigenvalue weighted by atomic mass is 9.54. The van der Waals surface area contributed by atoms with Crippen LogP contribution in [0.2, 0.25) is 0 Å². The van der Waals surface area contributed by atoms with Crippen LogP contribution >= 0.6 is 0 Å². The maximum absolute atomic E-state index is 9.79. The van der Waals surface area contributed by atoms with Crippen molar-refractivity contribution in [2.24, 2.45) is 17.8 Å². The van der Waals surface area contributed by atoms with Gasteiger partial charge in [-0.2, -0.15) is 5.26 Å². The molecule has 272 valence electrons. The van der Waals surface area contributed by atoms with Gasteiger partial charge >= 0.3 is 0 Å². The summed E-state index contributed by atoms with van der Waals surface area (Å²) in [6, 6.07) is 55.9. The van der Waals surface area contributed by atoms with Crippen LogP contribution in [0.3, 0.4) is 0 Å². The van der Waals surface area contributed by atoms with Crippen LogP contribution in [0.15, 0.2) is 152 Å². The number of rotatable bonds is 6. The van der Waals surface area contributed by atoms with Crippen molar-refractivity contribution in [2.75, 3.05) is 0 Å². The molecule has 0 spiro atoms. The van der Waals surface area contributed by atoms with E-state index in [1.165, 1.54) is 48.8 Å². The summed E-state index contributed by atoms with van der Waals surface area (Å²) >= 11 is 0. The Hall–Kier alpha value is -6.18. The molecule has 2 bridgehead atoms. The molecule has 1 aromatic heterocycles. The molecule has 4 heteroatoms. The first-order valence-corrected chi connectivity index (χ1v) is 20.2. The molecule has 0 N–H and O–H groups in total. The van der Waals surface area contributed by atoms with Crippen molar-refractivity contribution in [3.63, 3.8) is 0 Å². The third-order valence-electron chi connectivity index (χ3n) is 13.0. The van der Waals surface area contributed by atoms with E-state index in [1.807, 2.05) is 30.3 Å². The summed E-state index contributed by atoms with van der Waals surface area (Å²) in [5, 5.41) is 9.79. The minimum Gasteiger partial charge on any atom is -0.208 e. The minimum absolute atomic E-state index is 0.254. The Balaban J connectivity index is 1.19. The molecular weight excluding hydrogens is 681 g/mol. The van der Waals surface area contributed by atoms with Crippen molar-refractivity contribution >= 4 is 0 Å². The summed E-state index contributed by atoms with van der Waals surface area (Å²) in [5.41, 5.74) is 11.5.